The second-order valence-electron chi connectivity index (χ2n) is 10.0. The van der Waals surface area contributed by atoms with E-state index in [2.05, 4.69) is 4.99 Å². The molecule has 0 bridgehead atoms. The molecule has 1 fully saturated rings. The van der Waals surface area contributed by atoms with Gasteiger partial charge in [-0.1, -0.05) is 60.3 Å². The number of amides is 1. The molecule has 0 spiro atoms. The molecule has 2 heterocycles. The van der Waals surface area contributed by atoms with E-state index >= 15 is 0 Å². The first-order valence-corrected chi connectivity index (χ1v) is 13.5. The minimum Gasteiger partial charge on any atom is -0.459 e. The summed E-state index contributed by atoms with van der Waals surface area (Å²) in [7, 11) is 0. The maximum absolute atomic E-state index is 12.8. The summed E-state index contributed by atoms with van der Waals surface area (Å²) < 4.78 is 23.5. The van der Waals surface area contributed by atoms with E-state index in [-0.39, 0.29) is 13.2 Å². The summed E-state index contributed by atoms with van der Waals surface area (Å²) in [6.45, 7) is 7.66. The lowest BCUT2D eigenvalue weighted by atomic mass is 9.98. The standard InChI is InChI=1S/C28H34N2O7S/c1-5-30(27(33)37-28(2,3)4)26-29-21-22(31)23(34-16-18-12-8-6-9-13-18)20(36-25(21)38-26)17-35-24(32)19-14-10-7-11-15-19/h6-15,20-23,25,31H,5,16-17H2,1-4H3/t20-,21-,22-,23-,25-/m1/s1. The van der Waals surface area contributed by atoms with Gasteiger partial charge in [-0.15, -0.1) is 0 Å². The van der Waals surface area contributed by atoms with Gasteiger partial charge in [0.2, 0.25) is 0 Å². The van der Waals surface area contributed by atoms with Gasteiger partial charge in [-0.25, -0.2) is 9.59 Å². The Kier molecular flexibility index (Phi) is 9.09. The van der Waals surface area contributed by atoms with E-state index in [0.29, 0.717) is 17.3 Å². The number of amidine groups is 1. The highest BCUT2D eigenvalue weighted by Crippen LogP contribution is 2.39. The largest absolute Gasteiger partial charge is 0.459 e. The highest BCUT2D eigenvalue weighted by molar-refractivity contribution is 8.14. The van der Waals surface area contributed by atoms with Gasteiger partial charge < -0.3 is 24.1 Å². The van der Waals surface area contributed by atoms with Gasteiger partial charge in [0.05, 0.1) is 12.2 Å². The Bertz CT molecular complexity index is 1120. The Morgan fingerprint density at radius 2 is 1.74 bits per heavy atom. The van der Waals surface area contributed by atoms with Crippen LogP contribution in [0.1, 0.15) is 43.6 Å². The van der Waals surface area contributed by atoms with E-state index in [1.165, 1.54) is 16.7 Å². The van der Waals surface area contributed by atoms with Crippen LogP contribution < -0.4 is 0 Å². The normalized spacial score (nSPS) is 24.8. The van der Waals surface area contributed by atoms with Gasteiger partial charge in [0.25, 0.3) is 0 Å². The average molecular weight is 543 g/mol. The lowest BCUT2D eigenvalue weighted by molar-refractivity contribution is -0.189. The van der Waals surface area contributed by atoms with Gasteiger partial charge in [0, 0.05) is 6.54 Å². The molecule has 38 heavy (non-hydrogen) atoms. The second-order valence-corrected chi connectivity index (χ2v) is 11.1. The number of aliphatic hydroxyl groups is 1. The summed E-state index contributed by atoms with van der Waals surface area (Å²) in [6, 6.07) is 17.6. The topological polar surface area (TPSA) is 107 Å². The maximum atomic E-state index is 12.8. The van der Waals surface area contributed by atoms with Gasteiger partial charge in [-0.05, 0) is 45.4 Å². The highest BCUT2D eigenvalue weighted by atomic mass is 32.2. The molecule has 9 nitrogen and oxygen atoms in total. The number of ether oxygens (including phenoxy) is 4. The summed E-state index contributed by atoms with van der Waals surface area (Å²) in [6.07, 6.45) is -3.15. The summed E-state index contributed by atoms with van der Waals surface area (Å²) in [5, 5.41) is 11.8. The van der Waals surface area contributed by atoms with Crippen molar-refractivity contribution in [2.45, 2.75) is 69.7 Å². The summed E-state index contributed by atoms with van der Waals surface area (Å²) >= 11 is 1.23. The van der Waals surface area contributed by atoms with Gasteiger partial charge in [0.15, 0.2) is 5.17 Å². The van der Waals surface area contributed by atoms with Crippen molar-refractivity contribution in [2.24, 2.45) is 4.99 Å². The minimum absolute atomic E-state index is 0.118. The van der Waals surface area contributed by atoms with Gasteiger partial charge >= 0.3 is 12.1 Å². The van der Waals surface area contributed by atoms with Crippen molar-refractivity contribution < 1.29 is 33.6 Å². The quantitative estimate of drug-likeness (QED) is 0.518. The van der Waals surface area contributed by atoms with E-state index in [1.54, 1.807) is 45.0 Å². The van der Waals surface area contributed by atoms with Crippen LogP contribution in [0.15, 0.2) is 65.7 Å². The number of esters is 1. The molecule has 2 aromatic rings. The van der Waals surface area contributed by atoms with Crippen LogP contribution in [0.3, 0.4) is 0 Å². The Hall–Kier alpha value is -2.92. The summed E-state index contributed by atoms with van der Waals surface area (Å²) in [5.74, 6) is -0.495. The van der Waals surface area contributed by atoms with E-state index in [4.69, 9.17) is 18.9 Å². The molecule has 10 heteroatoms. The molecule has 2 aliphatic rings. The van der Waals surface area contributed by atoms with E-state index in [0.717, 1.165) is 5.56 Å². The predicted molar refractivity (Wildman–Crippen MR) is 144 cm³/mol. The first kappa shape index (κ1) is 28.1. The molecule has 1 amide bonds. The van der Waals surface area contributed by atoms with Crippen molar-refractivity contribution in [3.05, 3.63) is 71.8 Å². The van der Waals surface area contributed by atoms with Crippen molar-refractivity contribution in [1.82, 2.24) is 4.90 Å². The van der Waals surface area contributed by atoms with E-state index < -0.39 is 47.5 Å². The first-order valence-electron chi connectivity index (χ1n) is 12.6. The zero-order valence-electron chi connectivity index (χ0n) is 22.0. The van der Waals surface area contributed by atoms with Crippen molar-refractivity contribution in [3.63, 3.8) is 0 Å². The summed E-state index contributed by atoms with van der Waals surface area (Å²) in [4.78, 5) is 31.4. The number of nitrogens with zero attached hydrogens (tertiary/aromatic N) is 2. The third kappa shape index (κ3) is 6.93. The van der Waals surface area contributed by atoms with Crippen LogP contribution in [0.5, 0.6) is 0 Å². The molecule has 2 aromatic carbocycles. The van der Waals surface area contributed by atoms with Crippen molar-refractivity contribution in [1.29, 1.82) is 0 Å². The number of benzene rings is 2. The number of thioether (sulfide) groups is 1. The number of carbonyl (C=O) groups excluding carboxylic acids is 2. The predicted octanol–water partition coefficient (Wildman–Crippen LogP) is 4.24. The van der Waals surface area contributed by atoms with Gasteiger partial charge in [-0.2, -0.15) is 0 Å². The molecule has 0 aromatic heterocycles. The zero-order chi connectivity index (χ0) is 27.3. The Balaban J connectivity index is 1.50. The van der Waals surface area contributed by atoms with Crippen LogP contribution >= 0.6 is 11.8 Å². The number of fused-ring (bicyclic) bond motifs is 1. The highest BCUT2D eigenvalue weighted by Gasteiger charge is 2.51. The third-order valence-electron chi connectivity index (χ3n) is 5.96. The molecule has 1 N–H and O–H groups in total. The van der Waals surface area contributed by atoms with Gasteiger partial charge in [-0.3, -0.25) is 9.89 Å². The zero-order valence-corrected chi connectivity index (χ0v) is 22.8. The van der Waals surface area contributed by atoms with Crippen molar-refractivity contribution in [2.75, 3.05) is 13.2 Å². The number of rotatable bonds is 7. The van der Waals surface area contributed by atoms with Crippen LogP contribution in [-0.4, -0.2) is 75.8 Å². The number of aliphatic imine (C=N–C) groups is 1. The van der Waals surface area contributed by atoms with Crippen LogP contribution in [0.2, 0.25) is 0 Å². The molecule has 0 saturated carbocycles. The van der Waals surface area contributed by atoms with Crippen LogP contribution in [0.4, 0.5) is 4.79 Å². The number of hydrogen-bond donors (Lipinski definition) is 1. The molecule has 0 aliphatic carbocycles. The average Bonchev–Trinajstić information content (AvgIpc) is 3.31. The smallest absolute Gasteiger partial charge is 0.416 e. The molecule has 4 rings (SSSR count). The summed E-state index contributed by atoms with van der Waals surface area (Å²) in [5.41, 5.74) is 0.0870. The number of hydrogen-bond acceptors (Lipinski definition) is 9. The molecular weight excluding hydrogens is 508 g/mol. The number of aliphatic hydroxyl groups excluding tert-OH is 1. The lowest BCUT2D eigenvalue weighted by Gasteiger charge is -2.40. The lowest BCUT2D eigenvalue weighted by Crippen LogP contribution is -2.57. The van der Waals surface area contributed by atoms with Crippen molar-refractivity contribution in [3.8, 4) is 0 Å². The van der Waals surface area contributed by atoms with Crippen LogP contribution in [0.25, 0.3) is 0 Å². The van der Waals surface area contributed by atoms with Crippen LogP contribution in [0, 0.1) is 0 Å². The Morgan fingerprint density at radius 1 is 1.08 bits per heavy atom. The second kappa shape index (κ2) is 12.3. The molecule has 204 valence electrons. The van der Waals surface area contributed by atoms with Gasteiger partial charge in [0.1, 0.15) is 42.0 Å². The molecule has 5 atom stereocenters. The SMILES string of the molecule is CCN(C(=O)OC(C)(C)C)C1=N[C@@H]2[C@@H](O)[C@H](OCc3ccccc3)[C@@H](COC(=O)c3ccccc3)O[C@@H]2S1. The fourth-order valence-electron chi connectivity index (χ4n) is 4.12. The molecular formula is C28H34N2O7S. The molecule has 2 aliphatic heterocycles. The first-order chi connectivity index (χ1) is 18.2. The fourth-order valence-corrected chi connectivity index (χ4v) is 5.40. The van der Waals surface area contributed by atoms with Crippen molar-refractivity contribution >= 4 is 29.0 Å². The van der Waals surface area contributed by atoms with Crippen LogP contribution in [-0.2, 0) is 25.6 Å². The Labute approximate surface area is 227 Å². The third-order valence-corrected chi connectivity index (χ3v) is 7.12. The Morgan fingerprint density at radius 3 is 2.37 bits per heavy atom. The van der Waals surface area contributed by atoms with E-state index in [1.807, 2.05) is 43.3 Å². The molecule has 1 saturated heterocycles. The maximum Gasteiger partial charge on any atom is 0.416 e. The van der Waals surface area contributed by atoms with E-state index in [9.17, 15) is 14.7 Å². The monoisotopic (exact) mass is 542 g/mol. The molecule has 0 radical (unpaired) electrons. The molecule has 0 unspecified atom stereocenters. The minimum atomic E-state index is -1.06. The number of carbonyl (C=O) groups is 2. The fraction of sp³-hybridized carbons (Fsp3) is 0.464.